The second-order valence-electron chi connectivity index (χ2n) is 5.41. The van der Waals surface area contributed by atoms with E-state index in [1.165, 1.54) is 0 Å². The molecule has 4 heteroatoms. The van der Waals surface area contributed by atoms with Gasteiger partial charge in [-0.15, -0.1) is 0 Å². The molecular weight excluding hydrogens is 256 g/mol. The predicted molar refractivity (Wildman–Crippen MR) is 84.8 cm³/mol. The molecule has 1 amide bonds. The lowest BCUT2D eigenvalue weighted by molar-refractivity contribution is -0.116. The summed E-state index contributed by atoms with van der Waals surface area (Å²) in [7, 11) is 0. The highest BCUT2D eigenvalue weighted by molar-refractivity contribution is 8.00. The fraction of sp³-hybridized carbons (Fsp3) is 0.533. The summed E-state index contributed by atoms with van der Waals surface area (Å²) in [5, 5.41) is 0. The van der Waals surface area contributed by atoms with Crippen molar-refractivity contribution in [1.29, 1.82) is 0 Å². The Hall–Kier alpha value is -1.00. The first-order chi connectivity index (χ1) is 8.85. The first-order valence-corrected chi connectivity index (χ1v) is 7.73. The maximum atomic E-state index is 12.3. The molecule has 19 heavy (non-hydrogen) atoms. The average Bonchev–Trinajstić information content (AvgIpc) is 2.31. The molecule has 0 aliphatic heterocycles. The number of carbonyl (C=O) groups excluding carboxylic acids is 1. The van der Waals surface area contributed by atoms with Crippen LogP contribution in [0.4, 0.5) is 5.69 Å². The summed E-state index contributed by atoms with van der Waals surface area (Å²) in [5.41, 5.74) is 7.82. The second kappa shape index (κ2) is 6.96. The molecule has 0 spiro atoms. The Morgan fingerprint density at radius 3 is 2.53 bits per heavy atom. The van der Waals surface area contributed by atoms with E-state index in [9.17, 15) is 4.79 Å². The molecule has 3 nitrogen and oxygen atoms in total. The SMILES string of the molecule is CCN(C(=O)CSCC(C)(C)N)c1ccccc1C. The molecule has 0 fully saturated rings. The van der Waals surface area contributed by atoms with E-state index in [1.807, 2.05) is 56.9 Å². The number of hydrogen-bond acceptors (Lipinski definition) is 3. The number of benzene rings is 1. The van der Waals surface area contributed by atoms with Gasteiger partial charge in [-0.25, -0.2) is 0 Å². The molecule has 0 bridgehead atoms. The summed E-state index contributed by atoms with van der Waals surface area (Å²) in [6.45, 7) is 8.67. The molecule has 0 radical (unpaired) electrons. The van der Waals surface area contributed by atoms with Gasteiger partial charge in [0.1, 0.15) is 0 Å². The number of aryl methyl sites for hydroxylation is 1. The average molecular weight is 280 g/mol. The minimum atomic E-state index is -0.231. The monoisotopic (exact) mass is 280 g/mol. The van der Waals surface area contributed by atoms with Gasteiger partial charge in [0.05, 0.1) is 5.75 Å². The van der Waals surface area contributed by atoms with Gasteiger partial charge in [0.25, 0.3) is 0 Å². The van der Waals surface area contributed by atoms with Crippen molar-refractivity contribution in [3.05, 3.63) is 29.8 Å². The number of carbonyl (C=O) groups is 1. The number of nitrogens with zero attached hydrogens (tertiary/aromatic N) is 1. The molecule has 0 heterocycles. The van der Waals surface area contributed by atoms with Gasteiger partial charge < -0.3 is 10.6 Å². The van der Waals surface area contributed by atoms with Crippen LogP contribution in [0.15, 0.2) is 24.3 Å². The van der Waals surface area contributed by atoms with Gasteiger partial charge in [0.15, 0.2) is 0 Å². The predicted octanol–water partition coefficient (Wildman–Crippen LogP) is 2.82. The smallest absolute Gasteiger partial charge is 0.236 e. The third-order valence-electron chi connectivity index (χ3n) is 2.72. The number of hydrogen-bond donors (Lipinski definition) is 1. The topological polar surface area (TPSA) is 46.3 Å². The van der Waals surface area contributed by atoms with Crippen LogP contribution in [0.2, 0.25) is 0 Å². The third kappa shape index (κ3) is 5.25. The highest BCUT2D eigenvalue weighted by atomic mass is 32.2. The van der Waals surface area contributed by atoms with Crippen LogP contribution in [0.25, 0.3) is 0 Å². The highest BCUT2D eigenvalue weighted by Gasteiger charge is 2.17. The van der Waals surface area contributed by atoms with Crippen LogP contribution < -0.4 is 10.6 Å². The minimum absolute atomic E-state index is 0.144. The van der Waals surface area contributed by atoms with E-state index in [4.69, 9.17) is 5.73 Å². The quantitative estimate of drug-likeness (QED) is 0.871. The normalized spacial score (nSPS) is 11.4. The molecule has 106 valence electrons. The molecular formula is C15H24N2OS. The van der Waals surface area contributed by atoms with Crippen molar-refractivity contribution in [1.82, 2.24) is 0 Å². The Kier molecular flexibility index (Phi) is 5.88. The zero-order valence-electron chi connectivity index (χ0n) is 12.3. The van der Waals surface area contributed by atoms with Crippen molar-refractivity contribution in [2.24, 2.45) is 5.73 Å². The van der Waals surface area contributed by atoms with Gasteiger partial charge in [-0.1, -0.05) is 18.2 Å². The highest BCUT2D eigenvalue weighted by Crippen LogP contribution is 2.20. The van der Waals surface area contributed by atoms with E-state index >= 15 is 0 Å². The molecule has 2 N–H and O–H groups in total. The van der Waals surface area contributed by atoms with Crippen LogP contribution in [0.1, 0.15) is 26.3 Å². The van der Waals surface area contributed by atoms with Crippen molar-refractivity contribution in [3.8, 4) is 0 Å². The third-order valence-corrected chi connectivity index (χ3v) is 4.12. The molecule has 0 saturated heterocycles. The Labute approximate surface area is 120 Å². The van der Waals surface area contributed by atoms with E-state index < -0.39 is 0 Å². The molecule has 1 rings (SSSR count). The summed E-state index contributed by atoms with van der Waals surface area (Å²) < 4.78 is 0. The molecule has 1 aromatic carbocycles. The van der Waals surface area contributed by atoms with E-state index in [0.717, 1.165) is 17.0 Å². The molecule has 0 unspecified atom stereocenters. The minimum Gasteiger partial charge on any atom is -0.325 e. The molecule has 0 atom stereocenters. The number of para-hydroxylation sites is 1. The second-order valence-corrected chi connectivity index (χ2v) is 6.39. The van der Waals surface area contributed by atoms with E-state index in [-0.39, 0.29) is 11.4 Å². The first-order valence-electron chi connectivity index (χ1n) is 6.58. The summed E-state index contributed by atoms with van der Waals surface area (Å²) >= 11 is 1.60. The Morgan fingerprint density at radius 2 is 2.00 bits per heavy atom. The van der Waals surface area contributed by atoms with Crippen LogP contribution in [-0.4, -0.2) is 29.5 Å². The zero-order chi connectivity index (χ0) is 14.5. The lowest BCUT2D eigenvalue weighted by Gasteiger charge is -2.24. The Balaban J connectivity index is 2.65. The Morgan fingerprint density at radius 1 is 1.37 bits per heavy atom. The summed E-state index contributed by atoms with van der Waals surface area (Å²) in [5.74, 6) is 1.40. The summed E-state index contributed by atoms with van der Waals surface area (Å²) in [6.07, 6.45) is 0. The van der Waals surface area contributed by atoms with Gasteiger partial charge >= 0.3 is 0 Å². The lowest BCUT2D eigenvalue weighted by atomic mass is 10.1. The van der Waals surface area contributed by atoms with Gasteiger partial charge in [-0.2, -0.15) is 11.8 Å². The van der Waals surface area contributed by atoms with Crippen molar-refractivity contribution < 1.29 is 4.79 Å². The van der Waals surface area contributed by atoms with E-state index in [0.29, 0.717) is 12.3 Å². The van der Waals surface area contributed by atoms with Gasteiger partial charge in [-0.3, -0.25) is 4.79 Å². The fourth-order valence-electron chi connectivity index (χ4n) is 1.83. The van der Waals surface area contributed by atoms with Crippen molar-refractivity contribution in [2.75, 3.05) is 23.0 Å². The Bertz CT molecular complexity index is 426. The van der Waals surface area contributed by atoms with Crippen molar-refractivity contribution in [3.63, 3.8) is 0 Å². The molecule has 0 aromatic heterocycles. The largest absolute Gasteiger partial charge is 0.325 e. The van der Waals surface area contributed by atoms with E-state index in [2.05, 4.69) is 0 Å². The molecule has 0 saturated carbocycles. The summed E-state index contributed by atoms with van der Waals surface area (Å²) in [6, 6.07) is 7.98. The maximum Gasteiger partial charge on any atom is 0.236 e. The number of thioether (sulfide) groups is 1. The van der Waals surface area contributed by atoms with Gasteiger partial charge in [-0.05, 0) is 39.3 Å². The van der Waals surface area contributed by atoms with Crippen LogP contribution in [0.5, 0.6) is 0 Å². The number of anilines is 1. The standard InChI is InChI=1S/C15H24N2OS/c1-5-17(13-9-7-6-8-12(13)2)14(18)10-19-11-15(3,4)16/h6-9H,5,10-11,16H2,1-4H3. The molecule has 0 aliphatic rings. The fourth-order valence-corrected chi connectivity index (χ4v) is 2.79. The van der Waals surface area contributed by atoms with Crippen molar-refractivity contribution >= 4 is 23.4 Å². The van der Waals surface area contributed by atoms with Crippen LogP contribution in [0, 0.1) is 6.92 Å². The molecule has 0 aliphatic carbocycles. The molecule has 1 aromatic rings. The first kappa shape index (κ1) is 16.1. The number of amides is 1. The van der Waals surface area contributed by atoms with Gasteiger partial charge in [0, 0.05) is 23.5 Å². The number of rotatable bonds is 6. The van der Waals surface area contributed by atoms with E-state index in [1.54, 1.807) is 11.8 Å². The number of nitrogens with two attached hydrogens (primary N) is 1. The zero-order valence-corrected chi connectivity index (χ0v) is 13.1. The van der Waals surface area contributed by atoms with Crippen molar-refractivity contribution in [2.45, 2.75) is 33.2 Å². The lowest BCUT2D eigenvalue weighted by Crippen LogP contribution is -2.37. The summed E-state index contributed by atoms with van der Waals surface area (Å²) in [4.78, 5) is 14.1. The van der Waals surface area contributed by atoms with Crippen LogP contribution in [-0.2, 0) is 4.79 Å². The van der Waals surface area contributed by atoms with Gasteiger partial charge in [0.2, 0.25) is 5.91 Å². The maximum absolute atomic E-state index is 12.3. The van der Waals surface area contributed by atoms with Crippen LogP contribution in [0.3, 0.4) is 0 Å². The van der Waals surface area contributed by atoms with Crippen LogP contribution >= 0.6 is 11.8 Å².